The molecule has 0 aliphatic carbocycles. The average molecular weight is 292 g/mol. The number of hydrogen-bond donors (Lipinski definition) is 0. The van der Waals surface area contributed by atoms with Crippen molar-refractivity contribution in [3.8, 4) is 0 Å². The van der Waals surface area contributed by atoms with E-state index < -0.39 is 0 Å². The van der Waals surface area contributed by atoms with Crippen LogP contribution >= 0.6 is 0 Å². The minimum Gasteiger partial charge on any atom is -0.363 e. The van der Waals surface area contributed by atoms with E-state index in [1.807, 2.05) is 59.5 Å². The predicted octanol–water partition coefficient (Wildman–Crippen LogP) is 4.14. The van der Waals surface area contributed by atoms with Crippen LogP contribution in [0, 0.1) is 0 Å². The molecule has 3 heteroatoms. The van der Waals surface area contributed by atoms with E-state index in [1.54, 1.807) is 0 Å². The van der Waals surface area contributed by atoms with E-state index in [4.69, 9.17) is 0 Å². The lowest BCUT2D eigenvalue weighted by atomic mass is 10.2. The second-order valence-corrected chi connectivity index (χ2v) is 5.55. The Hall–Kier alpha value is -2.55. The van der Waals surface area contributed by atoms with Crippen LogP contribution in [0.2, 0.25) is 0 Å². The van der Waals surface area contributed by atoms with Crippen LogP contribution in [-0.2, 0) is 4.79 Å². The molecule has 2 aromatic carbocycles. The molecule has 1 amide bonds. The van der Waals surface area contributed by atoms with Gasteiger partial charge in [-0.25, -0.2) is 0 Å². The van der Waals surface area contributed by atoms with Gasteiger partial charge in [-0.05, 0) is 31.2 Å². The van der Waals surface area contributed by atoms with Gasteiger partial charge in [0.1, 0.15) is 0 Å². The second-order valence-electron chi connectivity index (χ2n) is 5.55. The molecule has 0 fully saturated rings. The molecule has 0 saturated carbocycles. The zero-order chi connectivity index (χ0) is 15.5. The van der Waals surface area contributed by atoms with Crippen molar-refractivity contribution in [2.24, 2.45) is 0 Å². The van der Waals surface area contributed by atoms with Crippen molar-refractivity contribution < 1.29 is 4.79 Å². The normalized spacial score (nSPS) is 17.9. The fourth-order valence-corrected chi connectivity index (χ4v) is 3.00. The highest BCUT2D eigenvalue weighted by atomic mass is 16.2. The predicted molar refractivity (Wildman–Crippen MR) is 91.7 cm³/mol. The lowest BCUT2D eigenvalue weighted by Gasteiger charge is -2.29. The first kappa shape index (κ1) is 14.4. The summed E-state index contributed by atoms with van der Waals surface area (Å²) in [6.07, 6.45) is 2.37. The molecule has 0 bridgehead atoms. The van der Waals surface area contributed by atoms with E-state index in [0.717, 1.165) is 23.6 Å². The molecule has 1 heterocycles. The maximum absolute atomic E-state index is 12.8. The lowest BCUT2D eigenvalue weighted by Crippen LogP contribution is -2.34. The third-order valence-corrected chi connectivity index (χ3v) is 4.02. The van der Waals surface area contributed by atoms with Gasteiger partial charge in [0.15, 0.2) is 0 Å². The molecule has 3 nitrogen and oxygen atoms in total. The maximum atomic E-state index is 12.8. The van der Waals surface area contributed by atoms with E-state index in [-0.39, 0.29) is 11.9 Å². The molecular formula is C19H20N2O. The summed E-state index contributed by atoms with van der Waals surface area (Å²) >= 11 is 0. The number of rotatable bonds is 3. The van der Waals surface area contributed by atoms with Crippen molar-refractivity contribution in [1.82, 2.24) is 0 Å². The maximum Gasteiger partial charge on any atom is 0.233 e. The van der Waals surface area contributed by atoms with E-state index in [9.17, 15) is 4.79 Å². The molecule has 0 N–H and O–H groups in total. The molecule has 1 aliphatic rings. The Balaban J connectivity index is 2.16. The minimum atomic E-state index is 0.123. The highest BCUT2D eigenvalue weighted by Gasteiger charge is 2.30. The van der Waals surface area contributed by atoms with Crippen LogP contribution in [0.15, 0.2) is 67.3 Å². The number of amides is 1. The molecular weight excluding hydrogens is 272 g/mol. The molecule has 0 aromatic heterocycles. The zero-order valence-corrected chi connectivity index (χ0v) is 12.8. The summed E-state index contributed by atoms with van der Waals surface area (Å²) in [5, 5.41) is 0. The van der Waals surface area contributed by atoms with Gasteiger partial charge in [-0.15, -0.1) is 6.58 Å². The molecule has 1 unspecified atom stereocenters. The van der Waals surface area contributed by atoms with Crippen molar-refractivity contribution in [2.75, 3.05) is 16.3 Å². The van der Waals surface area contributed by atoms with Crippen molar-refractivity contribution in [1.29, 1.82) is 0 Å². The number of carbonyl (C=O) groups excluding carboxylic acids is 1. The van der Waals surface area contributed by atoms with E-state index in [2.05, 4.69) is 24.5 Å². The van der Waals surface area contributed by atoms with Gasteiger partial charge in [0, 0.05) is 24.7 Å². The first-order valence-corrected chi connectivity index (χ1v) is 7.57. The SMILES string of the molecule is C=CCN1c2ccccc2N(c2ccccc2)C(=O)CC1C. The van der Waals surface area contributed by atoms with Gasteiger partial charge in [-0.1, -0.05) is 36.4 Å². The Labute approximate surface area is 131 Å². The molecule has 2 aromatic rings. The fraction of sp³-hybridized carbons (Fsp3) is 0.211. The van der Waals surface area contributed by atoms with Crippen LogP contribution < -0.4 is 9.80 Å². The van der Waals surface area contributed by atoms with Gasteiger partial charge in [0.25, 0.3) is 0 Å². The largest absolute Gasteiger partial charge is 0.363 e. The number of fused-ring (bicyclic) bond motifs is 1. The van der Waals surface area contributed by atoms with Crippen molar-refractivity contribution in [2.45, 2.75) is 19.4 Å². The quantitative estimate of drug-likeness (QED) is 0.794. The monoisotopic (exact) mass is 292 g/mol. The third-order valence-electron chi connectivity index (χ3n) is 4.02. The van der Waals surface area contributed by atoms with E-state index >= 15 is 0 Å². The Morgan fingerprint density at radius 1 is 1.09 bits per heavy atom. The molecule has 1 atom stereocenters. The third kappa shape index (κ3) is 2.50. The Morgan fingerprint density at radius 3 is 2.41 bits per heavy atom. The zero-order valence-electron chi connectivity index (χ0n) is 12.8. The Bertz CT molecular complexity index is 681. The van der Waals surface area contributed by atoms with Crippen LogP contribution in [0.4, 0.5) is 17.1 Å². The number of nitrogens with zero attached hydrogens (tertiary/aromatic N) is 2. The smallest absolute Gasteiger partial charge is 0.233 e. The Morgan fingerprint density at radius 2 is 1.73 bits per heavy atom. The van der Waals surface area contributed by atoms with E-state index in [0.29, 0.717) is 6.42 Å². The van der Waals surface area contributed by atoms with Gasteiger partial charge < -0.3 is 4.90 Å². The van der Waals surface area contributed by atoms with E-state index in [1.165, 1.54) is 0 Å². The Kier molecular flexibility index (Phi) is 3.96. The van der Waals surface area contributed by atoms with Crippen molar-refractivity contribution in [3.63, 3.8) is 0 Å². The van der Waals surface area contributed by atoms with Crippen LogP contribution in [0.5, 0.6) is 0 Å². The average Bonchev–Trinajstić information content (AvgIpc) is 2.64. The summed E-state index contributed by atoms with van der Waals surface area (Å²) in [7, 11) is 0. The number of hydrogen-bond acceptors (Lipinski definition) is 2. The molecule has 1 aliphatic heterocycles. The van der Waals surface area contributed by atoms with Gasteiger partial charge in [0.05, 0.1) is 11.4 Å². The molecule has 0 radical (unpaired) electrons. The summed E-state index contributed by atoms with van der Waals surface area (Å²) in [5.74, 6) is 0.123. The van der Waals surface area contributed by atoms with Crippen LogP contribution in [0.1, 0.15) is 13.3 Å². The van der Waals surface area contributed by atoms with Crippen LogP contribution in [0.3, 0.4) is 0 Å². The molecule has 3 rings (SSSR count). The van der Waals surface area contributed by atoms with Gasteiger partial charge in [-0.2, -0.15) is 0 Å². The van der Waals surface area contributed by atoms with Crippen molar-refractivity contribution in [3.05, 3.63) is 67.3 Å². The molecule has 0 spiro atoms. The first-order valence-electron chi connectivity index (χ1n) is 7.57. The topological polar surface area (TPSA) is 23.6 Å². The summed E-state index contributed by atoms with van der Waals surface area (Å²) in [5.41, 5.74) is 2.92. The first-order chi connectivity index (χ1) is 10.7. The minimum absolute atomic E-state index is 0.123. The lowest BCUT2D eigenvalue weighted by molar-refractivity contribution is -0.118. The standard InChI is InChI=1S/C19H20N2O/c1-3-13-20-15(2)14-19(22)21(16-9-5-4-6-10-16)18-12-8-7-11-17(18)20/h3-12,15H,1,13-14H2,2H3. The highest BCUT2D eigenvalue weighted by Crippen LogP contribution is 2.38. The molecule has 112 valence electrons. The second kappa shape index (κ2) is 6.06. The summed E-state index contributed by atoms with van der Waals surface area (Å²) in [6.45, 7) is 6.67. The molecule has 0 saturated heterocycles. The summed E-state index contributed by atoms with van der Waals surface area (Å²) in [6, 6.07) is 18.0. The van der Waals surface area contributed by atoms with Crippen LogP contribution in [0.25, 0.3) is 0 Å². The van der Waals surface area contributed by atoms with Crippen LogP contribution in [-0.4, -0.2) is 18.5 Å². The number of carbonyl (C=O) groups is 1. The fourth-order valence-electron chi connectivity index (χ4n) is 3.00. The van der Waals surface area contributed by atoms with Gasteiger partial charge in [-0.3, -0.25) is 9.69 Å². The summed E-state index contributed by atoms with van der Waals surface area (Å²) in [4.78, 5) is 16.9. The number of benzene rings is 2. The van der Waals surface area contributed by atoms with Crippen molar-refractivity contribution >= 4 is 23.0 Å². The number of para-hydroxylation sites is 3. The van der Waals surface area contributed by atoms with Gasteiger partial charge >= 0.3 is 0 Å². The molecule has 22 heavy (non-hydrogen) atoms. The summed E-state index contributed by atoms with van der Waals surface area (Å²) < 4.78 is 0. The number of anilines is 3. The highest BCUT2D eigenvalue weighted by molar-refractivity contribution is 6.05. The van der Waals surface area contributed by atoms with Gasteiger partial charge in [0.2, 0.25) is 5.91 Å².